The number of phenols is 2. The van der Waals surface area contributed by atoms with E-state index in [9.17, 15) is 77.6 Å². The van der Waals surface area contributed by atoms with Gasteiger partial charge in [0.15, 0.2) is 0 Å². The molecule has 16 N–H and O–H groups in total. The normalized spacial score (nSPS) is 25.5. The number of nitrogens with zero attached hydrogens (tertiary/aromatic N) is 3. The molecule has 4 aliphatic rings. The van der Waals surface area contributed by atoms with Gasteiger partial charge in [-0.15, -0.1) is 0 Å². The average Bonchev–Trinajstić information content (AvgIpc) is 1.42. The predicted octanol–water partition coefficient (Wildman–Crippen LogP) is -1.08. The molecule has 0 bridgehead atoms. The van der Waals surface area contributed by atoms with Gasteiger partial charge in [-0.2, -0.15) is 0 Å². The van der Waals surface area contributed by atoms with Crippen LogP contribution in [-0.4, -0.2) is 224 Å². The number of benzene rings is 2. The maximum Gasteiger partial charge on any atom is 0.326 e. The summed E-state index contributed by atoms with van der Waals surface area (Å²) in [6, 6.07) is -4.50. The number of rotatable bonds is 19. The van der Waals surface area contributed by atoms with Gasteiger partial charge in [0.2, 0.25) is 70.9 Å². The highest BCUT2D eigenvalue weighted by atomic mass is 33.1. The fourth-order valence-corrected chi connectivity index (χ4v) is 14.5. The molecule has 0 saturated carbocycles. The summed E-state index contributed by atoms with van der Waals surface area (Å²) in [5, 5.41) is 54.1. The lowest BCUT2D eigenvalue weighted by atomic mass is 10.00. The van der Waals surface area contributed by atoms with Crippen LogP contribution in [0.25, 0.3) is 0 Å². The summed E-state index contributed by atoms with van der Waals surface area (Å²) in [5.41, 5.74) is 13.1. The smallest absolute Gasteiger partial charge is 0.326 e. The summed E-state index contributed by atoms with van der Waals surface area (Å²) in [4.78, 5) is 189. The highest BCUT2D eigenvalue weighted by Crippen LogP contribution is 2.29. The number of carboxylic acid groups (broad SMARTS) is 1. The van der Waals surface area contributed by atoms with E-state index in [2.05, 4.69) is 47.9 Å². The number of carbonyl (C=O) groups is 13. The van der Waals surface area contributed by atoms with Crippen molar-refractivity contribution in [3.05, 3.63) is 59.7 Å². The fourth-order valence-electron chi connectivity index (χ4n) is 12.2. The SMILES string of the molecule is CCCC[C@H](NC(=O)[C@H](CN)NC(=O)[C@@H]1CSSC[C@H](NC(C)=O)C(=O)N2CCC[C@H]2C(=O)N2CCC[C@H]2C(=O)N[C@@H](Cc2ccc(O)cc2)C(=O)N[C@@H](CC(C)C)C(=O)N2CCC[C@H]2C(=O)N[C@@H](CN)C(=O)N[C@@H](Cc2ccc(O)cc2)C(=O)N[C@@H](CC(C)C)C(=O)N1)C(=O)O. The number of carbonyl (C=O) groups excluding carboxylic acids is 12. The third-order valence-corrected chi connectivity index (χ3v) is 19.7. The molecule has 0 aromatic heterocycles. The number of hydrogen-bond acceptors (Lipinski definition) is 19. The molecule has 0 spiro atoms. The third-order valence-electron chi connectivity index (χ3n) is 17.2. The number of amides is 12. The highest BCUT2D eigenvalue weighted by Gasteiger charge is 2.46. The molecular weight excluding hydrogens is 1300 g/mol. The molecule has 0 unspecified atom stereocenters. The molecule has 97 heavy (non-hydrogen) atoms. The number of nitrogens with one attached hydrogen (secondary N) is 9. The van der Waals surface area contributed by atoms with Crippen LogP contribution in [0.2, 0.25) is 0 Å². The number of phenolic OH excluding ortho intramolecular Hbond substituents is 2. The van der Waals surface area contributed by atoms with Crippen LogP contribution in [0.5, 0.6) is 11.5 Å². The van der Waals surface area contributed by atoms with Crippen molar-refractivity contribution < 1.29 is 77.6 Å². The van der Waals surface area contributed by atoms with E-state index in [-0.39, 0.29) is 106 Å². The number of aromatic hydroxyl groups is 2. The Morgan fingerprint density at radius 2 is 1.00 bits per heavy atom. The van der Waals surface area contributed by atoms with E-state index in [1.807, 2.05) is 20.8 Å². The Hall–Kier alpha value is -8.23. The zero-order chi connectivity index (χ0) is 71.2. The Labute approximate surface area is 572 Å². The lowest BCUT2D eigenvalue weighted by Gasteiger charge is -2.33. The maximum atomic E-state index is 14.9. The van der Waals surface area contributed by atoms with E-state index < -0.39 is 162 Å². The van der Waals surface area contributed by atoms with E-state index in [4.69, 9.17) is 11.5 Å². The standard InChI is InChI=1S/C65H96N14O16S2/c1-7-8-12-42(65(94)95)69-57(86)47(31-66)74-59(88)49-33-96-97-34-50(68-37(6)80)63(92)79-26-11-15-53(79)64(93)78-25-10-14-52(78)60(89)72-45(30-39-18-22-41(82)23-19-39)56(85)73-46(28-36(4)5)62(91)77-24-9-13-51(77)61(90)75-48(32-67)58(87)71-44(29-38-16-20-40(81)21-17-38)55(84)70-43(27-35(2)3)54(83)76-49/h16-23,35-36,42-53,81-82H,7-15,24-34,66-67H2,1-6H3,(H,68,80)(H,69,86)(H,70,84)(H,71,87)(H,72,89)(H,73,85)(H,74,88)(H,75,90)(H,76,83)(H,94,95)/t42-,43-,44-,45-,46-,47-,48-,49-,50-,51-,52-,53-/m0/s1. The number of unbranched alkanes of at least 4 members (excludes halogenated alkanes) is 1. The van der Waals surface area contributed by atoms with Crippen LogP contribution in [0.3, 0.4) is 0 Å². The average molecular weight is 1390 g/mol. The number of carboxylic acids is 1. The third kappa shape index (κ3) is 22.7. The van der Waals surface area contributed by atoms with Gasteiger partial charge >= 0.3 is 5.97 Å². The largest absolute Gasteiger partial charge is 0.508 e. The zero-order valence-electron chi connectivity index (χ0n) is 55.8. The summed E-state index contributed by atoms with van der Waals surface area (Å²) in [5.74, 6) is -11.8. The molecule has 0 radical (unpaired) electrons. The first kappa shape index (κ1) is 77.8. The molecule has 4 fully saturated rings. The number of nitrogens with two attached hydrogens (primary N) is 2. The quantitative estimate of drug-likeness (QED) is 0.0744. The number of aliphatic carboxylic acids is 1. The van der Waals surface area contributed by atoms with E-state index in [1.54, 1.807) is 26.0 Å². The fraction of sp³-hybridized carbons (Fsp3) is 0.615. The first-order valence-corrected chi connectivity index (χ1v) is 35.7. The lowest BCUT2D eigenvalue weighted by Crippen LogP contribution is -2.62. The lowest BCUT2D eigenvalue weighted by molar-refractivity contribution is -0.147. The van der Waals surface area contributed by atoms with Crippen molar-refractivity contribution in [2.24, 2.45) is 23.3 Å². The van der Waals surface area contributed by atoms with Gasteiger partial charge in [-0.1, -0.05) is 93.3 Å². The molecule has 4 saturated heterocycles. The first-order chi connectivity index (χ1) is 46.1. The summed E-state index contributed by atoms with van der Waals surface area (Å²) < 4.78 is 0. The van der Waals surface area contributed by atoms with Crippen molar-refractivity contribution in [2.75, 3.05) is 44.2 Å². The Morgan fingerprint density at radius 3 is 1.49 bits per heavy atom. The van der Waals surface area contributed by atoms with Crippen LogP contribution in [0.15, 0.2) is 48.5 Å². The Morgan fingerprint density at radius 1 is 0.557 bits per heavy atom. The van der Waals surface area contributed by atoms with Gasteiger partial charge in [-0.25, -0.2) is 4.79 Å². The summed E-state index contributed by atoms with van der Waals surface area (Å²) in [6.07, 6.45) is 2.42. The maximum absolute atomic E-state index is 14.9. The van der Waals surface area contributed by atoms with Crippen LogP contribution in [0, 0.1) is 11.8 Å². The topological polar surface area (TPSA) is 453 Å². The van der Waals surface area contributed by atoms with Crippen molar-refractivity contribution in [3.63, 3.8) is 0 Å². The monoisotopic (exact) mass is 1390 g/mol. The minimum Gasteiger partial charge on any atom is -0.508 e. The zero-order valence-corrected chi connectivity index (χ0v) is 57.4. The molecular formula is C65H96N14O16S2. The van der Waals surface area contributed by atoms with Crippen LogP contribution >= 0.6 is 21.6 Å². The molecule has 534 valence electrons. The van der Waals surface area contributed by atoms with Gasteiger partial charge in [0.25, 0.3) is 0 Å². The van der Waals surface area contributed by atoms with Crippen LogP contribution in [-0.2, 0) is 75.2 Å². The van der Waals surface area contributed by atoms with Gasteiger partial charge < -0.3 is 89.3 Å². The molecule has 30 nitrogen and oxygen atoms in total. The van der Waals surface area contributed by atoms with Crippen LogP contribution < -0.4 is 59.3 Å². The van der Waals surface area contributed by atoms with Crippen LogP contribution in [0.4, 0.5) is 0 Å². The molecule has 2 aromatic rings. The van der Waals surface area contributed by atoms with E-state index >= 15 is 0 Å². The number of fused-ring (bicyclic) bond motifs is 3. The molecule has 32 heteroatoms. The second-order valence-corrected chi connectivity index (χ2v) is 28.4. The van der Waals surface area contributed by atoms with E-state index in [0.29, 0.717) is 43.2 Å². The van der Waals surface area contributed by atoms with Gasteiger partial charge in [0.05, 0.1) is 0 Å². The van der Waals surface area contributed by atoms with E-state index in [1.165, 1.54) is 58.0 Å². The molecule has 12 amide bonds. The Balaban J connectivity index is 1.39. The van der Waals surface area contributed by atoms with Crippen molar-refractivity contribution in [2.45, 2.75) is 198 Å². The molecule has 12 atom stereocenters. The minimum absolute atomic E-state index is 0.0534. The van der Waals surface area contributed by atoms with Crippen molar-refractivity contribution in [1.29, 1.82) is 0 Å². The highest BCUT2D eigenvalue weighted by molar-refractivity contribution is 8.76. The van der Waals surface area contributed by atoms with Gasteiger partial charge in [-0.3, -0.25) is 57.5 Å². The molecule has 4 heterocycles. The molecule has 4 aliphatic heterocycles. The van der Waals surface area contributed by atoms with E-state index in [0.717, 1.165) is 21.6 Å². The predicted molar refractivity (Wildman–Crippen MR) is 360 cm³/mol. The first-order valence-electron chi connectivity index (χ1n) is 33.2. The second-order valence-electron chi connectivity index (χ2n) is 25.8. The molecule has 0 aliphatic carbocycles. The van der Waals surface area contributed by atoms with Gasteiger partial charge in [0.1, 0.15) is 84.0 Å². The Kier molecular flexibility index (Phi) is 30.1. The van der Waals surface area contributed by atoms with Crippen molar-refractivity contribution >= 4 is 98.4 Å². The summed E-state index contributed by atoms with van der Waals surface area (Å²) in [6.45, 7) is 9.47. The van der Waals surface area contributed by atoms with Crippen molar-refractivity contribution in [3.8, 4) is 11.5 Å². The summed E-state index contributed by atoms with van der Waals surface area (Å²) in [7, 11) is 1.97. The minimum atomic E-state index is -1.56. The van der Waals surface area contributed by atoms with Crippen LogP contribution in [0.1, 0.15) is 123 Å². The van der Waals surface area contributed by atoms with Gasteiger partial charge in [-0.05, 0) is 105 Å². The summed E-state index contributed by atoms with van der Waals surface area (Å²) >= 11 is 0. The van der Waals surface area contributed by atoms with Gasteiger partial charge in [0, 0.05) is 64.0 Å². The molecule has 2 aromatic carbocycles. The second kappa shape index (κ2) is 37.5. The number of hydrogen-bond donors (Lipinski definition) is 14. The Bertz CT molecular complexity index is 3130. The van der Waals surface area contributed by atoms with Crippen molar-refractivity contribution in [1.82, 2.24) is 62.6 Å². The molecule has 6 rings (SSSR count).